The number of pyridine rings is 1. The lowest BCUT2D eigenvalue weighted by molar-refractivity contribution is 0.981. The Kier molecular flexibility index (Phi) is 4.71. The topological polar surface area (TPSA) is 94.1 Å². The summed E-state index contributed by atoms with van der Waals surface area (Å²) in [7, 11) is 0. The highest BCUT2D eigenvalue weighted by Gasteiger charge is 2.17. The fourth-order valence-corrected chi connectivity index (χ4v) is 4.54. The van der Waals surface area contributed by atoms with Crippen molar-refractivity contribution in [2.45, 2.75) is 20.8 Å². The Morgan fingerprint density at radius 2 is 2.03 bits per heavy atom. The van der Waals surface area contributed by atoms with E-state index in [0.29, 0.717) is 33.1 Å². The number of nitrogens with one attached hydrogen (secondary N) is 1. The first-order valence-electron chi connectivity index (χ1n) is 8.74. The van der Waals surface area contributed by atoms with E-state index in [-0.39, 0.29) is 0 Å². The van der Waals surface area contributed by atoms with Crippen LogP contribution in [0.1, 0.15) is 33.2 Å². The molecule has 1 N–H and O–H groups in total. The van der Waals surface area contributed by atoms with Crippen molar-refractivity contribution in [2.75, 3.05) is 0 Å². The number of fused-ring (bicyclic) bond motifs is 1. The highest BCUT2D eigenvalue weighted by Crippen LogP contribution is 2.31. The molecule has 0 unspecified atom stereocenters. The van der Waals surface area contributed by atoms with Crippen LogP contribution in [0.5, 0.6) is 0 Å². The average Bonchev–Trinajstić information content (AvgIpc) is 3.34. The summed E-state index contributed by atoms with van der Waals surface area (Å²) in [6, 6.07) is 10.0. The molecule has 142 valence electrons. The number of aromatic amines is 1. The molecule has 29 heavy (non-hydrogen) atoms. The van der Waals surface area contributed by atoms with Crippen LogP contribution in [-0.4, -0.2) is 19.5 Å². The van der Waals surface area contributed by atoms with Crippen molar-refractivity contribution in [1.29, 1.82) is 10.5 Å². The number of aryl methyl sites for hydroxylation is 2. The number of hydrogen-bond donors (Lipinski definition) is 1. The van der Waals surface area contributed by atoms with Gasteiger partial charge in [-0.25, -0.2) is 9.97 Å². The summed E-state index contributed by atoms with van der Waals surface area (Å²) < 4.78 is 2.05. The number of nitrogens with zero attached hydrogens (tertiary/aromatic N) is 5. The van der Waals surface area contributed by atoms with Gasteiger partial charge in [0.1, 0.15) is 28.1 Å². The first-order chi connectivity index (χ1) is 13.9. The van der Waals surface area contributed by atoms with Gasteiger partial charge in [0, 0.05) is 22.3 Å². The van der Waals surface area contributed by atoms with Crippen molar-refractivity contribution >= 4 is 45.6 Å². The average molecular weight is 419 g/mol. The summed E-state index contributed by atoms with van der Waals surface area (Å²) in [6.07, 6.45) is 3.40. The molecule has 0 bridgehead atoms. The maximum Gasteiger partial charge on any atom is 0.149 e. The lowest BCUT2D eigenvalue weighted by Gasteiger charge is -2.07. The number of H-pyrrole nitrogens is 1. The van der Waals surface area contributed by atoms with E-state index >= 15 is 0 Å². The third kappa shape index (κ3) is 3.31. The van der Waals surface area contributed by atoms with E-state index in [1.807, 2.05) is 32.9 Å². The fourth-order valence-electron chi connectivity index (χ4n) is 3.32. The predicted molar refractivity (Wildman–Crippen MR) is 115 cm³/mol. The Morgan fingerprint density at radius 3 is 2.76 bits per heavy atom. The second-order valence-corrected chi connectivity index (χ2v) is 8.25. The van der Waals surface area contributed by atoms with Gasteiger partial charge in [0.05, 0.1) is 28.4 Å². The SMILES string of the molecule is Cc1cc(C#N)c(-n2c(C)cc(C=C(C#N)c3nc4cc(Cl)ncc4[nH]3)c2C)s1. The molecule has 0 aliphatic heterocycles. The van der Waals surface area contributed by atoms with Crippen LogP contribution in [0.15, 0.2) is 24.4 Å². The van der Waals surface area contributed by atoms with Crippen LogP contribution in [0, 0.1) is 43.4 Å². The van der Waals surface area contributed by atoms with Gasteiger partial charge in [0.2, 0.25) is 0 Å². The first kappa shape index (κ1) is 18.9. The summed E-state index contributed by atoms with van der Waals surface area (Å²) in [6.45, 7) is 5.95. The van der Waals surface area contributed by atoms with E-state index in [1.165, 1.54) is 0 Å². The number of thiophene rings is 1. The lowest BCUT2D eigenvalue weighted by Crippen LogP contribution is -1.98. The monoisotopic (exact) mass is 418 g/mol. The Balaban J connectivity index is 1.83. The summed E-state index contributed by atoms with van der Waals surface area (Å²) in [4.78, 5) is 12.7. The molecule has 4 aromatic heterocycles. The van der Waals surface area contributed by atoms with E-state index in [4.69, 9.17) is 11.6 Å². The molecule has 0 amide bonds. The van der Waals surface area contributed by atoms with Crippen LogP contribution in [-0.2, 0) is 0 Å². The molecule has 4 rings (SSSR count). The summed E-state index contributed by atoms with van der Waals surface area (Å²) >= 11 is 7.50. The third-order valence-corrected chi connectivity index (χ3v) is 5.88. The minimum absolute atomic E-state index is 0.348. The molecule has 4 aromatic rings. The number of halogens is 1. The molecule has 0 saturated heterocycles. The maximum absolute atomic E-state index is 9.72. The van der Waals surface area contributed by atoms with Crippen molar-refractivity contribution in [3.8, 4) is 17.1 Å². The van der Waals surface area contributed by atoms with E-state index in [1.54, 1.807) is 29.7 Å². The van der Waals surface area contributed by atoms with Gasteiger partial charge in [0.25, 0.3) is 0 Å². The molecule has 0 saturated carbocycles. The van der Waals surface area contributed by atoms with Gasteiger partial charge >= 0.3 is 0 Å². The van der Waals surface area contributed by atoms with Gasteiger partial charge in [0.15, 0.2) is 0 Å². The molecule has 0 aromatic carbocycles. The smallest absolute Gasteiger partial charge is 0.149 e. The predicted octanol–water partition coefficient (Wildman–Crippen LogP) is 5.32. The molecular weight excluding hydrogens is 404 g/mol. The summed E-state index contributed by atoms with van der Waals surface area (Å²) in [5.41, 5.74) is 5.25. The minimum atomic E-state index is 0.348. The van der Waals surface area contributed by atoms with Crippen LogP contribution < -0.4 is 0 Å². The maximum atomic E-state index is 9.72. The quantitative estimate of drug-likeness (QED) is 0.359. The van der Waals surface area contributed by atoms with E-state index < -0.39 is 0 Å². The summed E-state index contributed by atoms with van der Waals surface area (Å²) in [5.74, 6) is 0.459. The molecule has 6 nitrogen and oxygen atoms in total. The zero-order valence-electron chi connectivity index (χ0n) is 15.9. The molecule has 0 aliphatic carbocycles. The molecular formula is C21H15ClN6S. The third-order valence-electron chi connectivity index (χ3n) is 4.64. The molecule has 0 spiro atoms. The number of hydrogen-bond acceptors (Lipinski definition) is 5. The van der Waals surface area contributed by atoms with Crippen LogP contribution in [0.3, 0.4) is 0 Å². The zero-order chi connectivity index (χ0) is 20.7. The van der Waals surface area contributed by atoms with E-state index in [2.05, 4.69) is 31.7 Å². The van der Waals surface area contributed by atoms with Gasteiger partial charge in [-0.05, 0) is 44.5 Å². The normalized spacial score (nSPS) is 11.6. The fraction of sp³-hybridized carbons (Fsp3) is 0.143. The molecule has 0 atom stereocenters. The number of rotatable bonds is 3. The van der Waals surface area contributed by atoms with Crippen molar-refractivity contribution < 1.29 is 0 Å². The van der Waals surface area contributed by atoms with Crippen LogP contribution in [0.4, 0.5) is 0 Å². The lowest BCUT2D eigenvalue weighted by atomic mass is 10.1. The first-order valence-corrected chi connectivity index (χ1v) is 9.94. The second kappa shape index (κ2) is 7.21. The van der Waals surface area contributed by atoms with Crippen molar-refractivity contribution in [3.05, 3.63) is 62.8 Å². The Bertz CT molecular complexity index is 1370. The Labute approximate surface area is 176 Å². The second-order valence-electron chi connectivity index (χ2n) is 6.63. The van der Waals surface area contributed by atoms with Crippen molar-refractivity contribution in [1.82, 2.24) is 19.5 Å². The largest absolute Gasteiger partial charge is 0.336 e. The molecule has 0 fully saturated rings. The van der Waals surface area contributed by atoms with Crippen LogP contribution in [0.25, 0.3) is 27.7 Å². The van der Waals surface area contributed by atoms with Gasteiger partial charge in [-0.15, -0.1) is 11.3 Å². The van der Waals surface area contributed by atoms with Gasteiger partial charge in [-0.1, -0.05) is 11.6 Å². The highest BCUT2D eigenvalue weighted by atomic mass is 35.5. The number of aromatic nitrogens is 4. The standard InChI is InChI=1S/C21H15ClN6S/c1-11-4-14(13(3)28(11)21-16(9-24)5-12(2)29-21)6-15(8-23)20-26-17-7-19(22)25-10-18(17)27-20/h4-7,10H,1-3H3,(H,26,27). The van der Waals surface area contributed by atoms with E-state index in [9.17, 15) is 10.5 Å². The van der Waals surface area contributed by atoms with Gasteiger partial charge < -0.3 is 9.55 Å². The van der Waals surface area contributed by atoms with Gasteiger partial charge in [-0.2, -0.15) is 10.5 Å². The molecule has 0 aliphatic rings. The minimum Gasteiger partial charge on any atom is -0.336 e. The number of imidazole rings is 1. The number of allylic oxidation sites excluding steroid dienone is 1. The van der Waals surface area contributed by atoms with Crippen LogP contribution in [0.2, 0.25) is 5.15 Å². The molecule has 8 heteroatoms. The van der Waals surface area contributed by atoms with E-state index in [0.717, 1.165) is 26.8 Å². The molecule has 0 radical (unpaired) electrons. The van der Waals surface area contributed by atoms with Crippen molar-refractivity contribution in [3.63, 3.8) is 0 Å². The molecule has 4 heterocycles. The van der Waals surface area contributed by atoms with Crippen LogP contribution >= 0.6 is 22.9 Å². The summed E-state index contributed by atoms with van der Waals surface area (Å²) in [5, 5.41) is 20.4. The van der Waals surface area contributed by atoms with Crippen molar-refractivity contribution in [2.24, 2.45) is 0 Å². The Hall–Kier alpha value is -3.39. The highest BCUT2D eigenvalue weighted by molar-refractivity contribution is 7.14. The van der Waals surface area contributed by atoms with Gasteiger partial charge in [-0.3, -0.25) is 0 Å². The zero-order valence-corrected chi connectivity index (χ0v) is 17.5. The Morgan fingerprint density at radius 1 is 1.24 bits per heavy atom. The number of nitriles is 2.